The number of hydrogen-bond acceptors (Lipinski definition) is 3. The molecule has 0 amide bonds. The maximum absolute atomic E-state index is 12.8. The summed E-state index contributed by atoms with van der Waals surface area (Å²) in [6.07, 6.45) is -1.95. The van der Waals surface area contributed by atoms with Gasteiger partial charge in [0.15, 0.2) is 0 Å². The van der Waals surface area contributed by atoms with E-state index in [1.54, 1.807) is 0 Å². The number of sulfone groups is 1. The van der Waals surface area contributed by atoms with E-state index in [9.17, 15) is 30.4 Å². The van der Waals surface area contributed by atoms with Gasteiger partial charge in [0.2, 0.25) is 0 Å². The van der Waals surface area contributed by atoms with Crippen LogP contribution in [0.25, 0.3) is 0 Å². The summed E-state index contributed by atoms with van der Waals surface area (Å²) in [5.74, 6) is -4.81. The Balaban J connectivity index is 2.00. The van der Waals surface area contributed by atoms with Crippen LogP contribution in [0.3, 0.4) is 0 Å². The van der Waals surface area contributed by atoms with Gasteiger partial charge in [0.1, 0.15) is 15.6 Å². The van der Waals surface area contributed by atoms with Gasteiger partial charge in [0, 0.05) is 6.42 Å². The van der Waals surface area contributed by atoms with Crippen LogP contribution in [0.4, 0.5) is 22.0 Å². The molecule has 0 aliphatic heterocycles. The molecule has 0 radical (unpaired) electrons. The van der Waals surface area contributed by atoms with Gasteiger partial charge in [-0.1, -0.05) is 50.3 Å². The first-order valence-corrected chi connectivity index (χ1v) is 11.7. The Morgan fingerprint density at radius 2 is 1.24 bits per heavy atom. The molecule has 0 unspecified atom stereocenters. The summed E-state index contributed by atoms with van der Waals surface area (Å²) in [5, 5.41) is 0. The minimum Gasteiger partial charge on any atom is -0.494 e. The predicted octanol–water partition coefficient (Wildman–Crippen LogP) is 6.19. The van der Waals surface area contributed by atoms with Gasteiger partial charge in [-0.2, -0.15) is 22.0 Å². The van der Waals surface area contributed by atoms with Crippen molar-refractivity contribution in [3.63, 3.8) is 0 Å². The number of alkyl halides is 5. The lowest BCUT2D eigenvalue weighted by Gasteiger charge is -2.19. The van der Waals surface area contributed by atoms with Crippen LogP contribution in [-0.2, 0) is 9.84 Å². The highest BCUT2D eigenvalue weighted by atomic mass is 32.2. The molecule has 0 N–H and O–H groups in total. The Kier molecular flexibility index (Phi) is 10.9. The lowest BCUT2D eigenvalue weighted by atomic mass is 10.1. The summed E-state index contributed by atoms with van der Waals surface area (Å²) in [7, 11) is -3.60. The van der Waals surface area contributed by atoms with Gasteiger partial charge in [0.05, 0.1) is 18.1 Å². The van der Waals surface area contributed by atoms with Crippen molar-refractivity contribution in [2.75, 3.05) is 18.1 Å². The first-order chi connectivity index (χ1) is 13.5. The molecule has 9 heteroatoms. The van der Waals surface area contributed by atoms with Crippen molar-refractivity contribution >= 4 is 9.84 Å². The second-order valence-electron chi connectivity index (χ2n) is 7.09. The number of halogens is 5. The molecule has 3 nitrogen and oxygen atoms in total. The van der Waals surface area contributed by atoms with Crippen molar-refractivity contribution in [2.24, 2.45) is 0 Å². The topological polar surface area (TPSA) is 43.4 Å². The predicted molar refractivity (Wildman–Crippen MR) is 103 cm³/mol. The molecule has 0 aliphatic carbocycles. The highest BCUT2D eigenvalue weighted by Crippen LogP contribution is 2.38. The zero-order valence-electron chi connectivity index (χ0n) is 16.4. The molecule has 0 aromatic heterocycles. The maximum Gasteiger partial charge on any atom is 0.453 e. The molecule has 0 bridgehead atoms. The maximum atomic E-state index is 12.8. The monoisotopic (exact) mass is 444 g/mol. The van der Waals surface area contributed by atoms with E-state index in [4.69, 9.17) is 4.74 Å². The van der Waals surface area contributed by atoms with Crippen LogP contribution in [0.1, 0.15) is 57.8 Å². The molecule has 0 fully saturated rings. The fraction of sp³-hybridized carbons (Fsp3) is 0.700. The number of unbranched alkanes of at least 4 members (excludes halogenated alkanes) is 6. The molecule has 0 atom stereocenters. The Bertz CT molecular complexity index is 660. The van der Waals surface area contributed by atoms with E-state index >= 15 is 0 Å². The first kappa shape index (κ1) is 25.7. The molecule has 0 heterocycles. The fourth-order valence-electron chi connectivity index (χ4n) is 2.77. The zero-order valence-corrected chi connectivity index (χ0v) is 17.2. The van der Waals surface area contributed by atoms with Crippen LogP contribution in [0.2, 0.25) is 0 Å². The summed E-state index contributed by atoms with van der Waals surface area (Å²) < 4.78 is 90.7. The summed E-state index contributed by atoms with van der Waals surface area (Å²) in [5.41, 5.74) is 0. The number of hydrogen-bond donors (Lipinski definition) is 0. The molecule has 0 spiro atoms. The quantitative estimate of drug-likeness (QED) is 0.239. The molecule has 29 heavy (non-hydrogen) atoms. The third kappa shape index (κ3) is 11.4. The lowest BCUT2D eigenvalue weighted by Crippen LogP contribution is -2.36. The van der Waals surface area contributed by atoms with Gasteiger partial charge < -0.3 is 4.74 Å². The van der Waals surface area contributed by atoms with E-state index in [-0.39, 0.29) is 5.75 Å². The van der Waals surface area contributed by atoms with Crippen LogP contribution < -0.4 is 4.74 Å². The molecule has 0 saturated carbocycles. The Hall–Kier alpha value is -1.38. The lowest BCUT2D eigenvalue weighted by molar-refractivity contribution is -0.284. The van der Waals surface area contributed by atoms with Crippen LogP contribution in [0, 0.1) is 0 Å². The van der Waals surface area contributed by atoms with Crippen molar-refractivity contribution in [1.82, 2.24) is 0 Å². The molecule has 0 aliphatic rings. The number of rotatable bonds is 15. The molecule has 1 aromatic carbocycles. The molecular formula is C20H29F5O3S. The van der Waals surface area contributed by atoms with Crippen LogP contribution in [0.5, 0.6) is 5.75 Å². The van der Waals surface area contributed by atoms with Crippen LogP contribution in [0.15, 0.2) is 30.3 Å². The first-order valence-electron chi connectivity index (χ1n) is 9.86. The second kappa shape index (κ2) is 12.3. The van der Waals surface area contributed by atoms with Gasteiger partial charge in [-0.05, 0) is 31.4 Å². The van der Waals surface area contributed by atoms with Crippen molar-refractivity contribution in [1.29, 1.82) is 0 Å². The number of ether oxygens (including phenoxy) is 1. The highest BCUT2D eigenvalue weighted by Gasteiger charge is 2.56. The average Bonchev–Trinajstić information content (AvgIpc) is 2.63. The average molecular weight is 445 g/mol. The standard InChI is InChI=1S/C20H29F5O3S/c21-19(22,20(23,24)25)14-11-17-29(26,27)16-10-5-3-1-2-4-9-15-28-18-12-7-6-8-13-18/h6-8,12-13H,1-5,9-11,14-17H2. The van der Waals surface area contributed by atoms with Crippen molar-refractivity contribution < 1.29 is 35.1 Å². The third-order valence-corrected chi connectivity index (χ3v) is 6.29. The SMILES string of the molecule is O=S(=O)(CCCCCCCCCOc1ccccc1)CCCC(F)(F)C(F)(F)F. The van der Waals surface area contributed by atoms with Crippen molar-refractivity contribution in [3.8, 4) is 5.75 Å². The van der Waals surface area contributed by atoms with E-state index in [1.165, 1.54) is 0 Å². The molecule has 168 valence electrons. The van der Waals surface area contributed by atoms with Crippen molar-refractivity contribution in [2.45, 2.75) is 69.9 Å². The fourth-order valence-corrected chi connectivity index (χ4v) is 4.20. The molecule has 1 rings (SSSR count). The van der Waals surface area contributed by atoms with E-state index in [0.717, 1.165) is 37.9 Å². The van der Waals surface area contributed by atoms with E-state index < -0.39 is 40.5 Å². The van der Waals surface area contributed by atoms with Gasteiger partial charge in [-0.3, -0.25) is 0 Å². The van der Waals surface area contributed by atoms with Crippen LogP contribution in [-0.4, -0.2) is 38.6 Å². The summed E-state index contributed by atoms with van der Waals surface area (Å²) in [6.45, 7) is 0.648. The molecular weight excluding hydrogens is 415 g/mol. The number of para-hydroxylation sites is 1. The summed E-state index contributed by atoms with van der Waals surface area (Å²) in [6, 6.07) is 9.54. The van der Waals surface area contributed by atoms with Gasteiger partial charge in [0.25, 0.3) is 0 Å². The molecule has 1 aromatic rings. The smallest absolute Gasteiger partial charge is 0.453 e. The molecule has 0 saturated heterocycles. The Labute approximate surface area is 169 Å². The minimum atomic E-state index is -5.63. The highest BCUT2D eigenvalue weighted by molar-refractivity contribution is 7.91. The largest absolute Gasteiger partial charge is 0.494 e. The summed E-state index contributed by atoms with van der Waals surface area (Å²) >= 11 is 0. The van der Waals surface area contributed by atoms with Gasteiger partial charge >= 0.3 is 12.1 Å². The van der Waals surface area contributed by atoms with E-state index in [0.29, 0.717) is 19.4 Å². The Morgan fingerprint density at radius 1 is 0.724 bits per heavy atom. The van der Waals surface area contributed by atoms with E-state index in [2.05, 4.69) is 0 Å². The third-order valence-electron chi connectivity index (χ3n) is 4.47. The van der Waals surface area contributed by atoms with Crippen molar-refractivity contribution in [3.05, 3.63) is 30.3 Å². The van der Waals surface area contributed by atoms with Crippen LogP contribution >= 0.6 is 0 Å². The minimum absolute atomic E-state index is 0.171. The van der Waals surface area contributed by atoms with Gasteiger partial charge in [-0.25, -0.2) is 8.42 Å². The normalized spacial score (nSPS) is 12.9. The van der Waals surface area contributed by atoms with E-state index in [1.807, 2.05) is 30.3 Å². The second-order valence-corrected chi connectivity index (χ2v) is 9.40. The zero-order chi connectivity index (χ0) is 21.8. The summed E-state index contributed by atoms with van der Waals surface area (Å²) in [4.78, 5) is 0. The van der Waals surface area contributed by atoms with Gasteiger partial charge in [-0.15, -0.1) is 0 Å². The number of benzene rings is 1. The Morgan fingerprint density at radius 3 is 1.83 bits per heavy atom.